The fourth-order valence-corrected chi connectivity index (χ4v) is 1.61. The highest BCUT2D eigenvalue weighted by Crippen LogP contribution is 2.18. The lowest BCUT2D eigenvalue weighted by atomic mass is 10.1. The van der Waals surface area contributed by atoms with Gasteiger partial charge in [-0.3, -0.25) is 4.79 Å². The fraction of sp³-hybridized carbons (Fsp3) is 0.364. The van der Waals surface area contributed by atoms with E-state index in [-0.39, 0.29) is 24.3 Å². The van der Waals surface area contributed by atoms with Crippen LogP contribution in [0.5, 0.6) is 0 Å². The van der Waals surface area contributed by atoms with Crippen molar-refractivity contribution in [1.82, 2.24) is 0 Å². The summed E-state index contributed by atoms with van der Waals surface area (Å²) < 4.78 is 18.4. The van der Waals surface area contributed by atoms with E-state index in [2.05, 4.69) is 15.9 Å². The molecule has 4 heteroatoms. The summed E-state index contributed by atoms with van der Waals surface area (Å²) in [4.78, 5) is 11.6. The van der Waals surface area contributed by atoms with Crippen molar-refractivity contribution in [2.24, 2.45) is 0 Å². The van der Waals surface area contributed by atoms with Gasteiger partial charge in [-0.15, -0.1) is 0 Å². The molecular formula is C11H12BrFO2. The van der Waals surface area contributed by atoms with Crippen LogP contribution in [0.3, 0.4) is 0 Å². The highest BCUT2D eigenvalue weighted by Gasteiger charge is 2.11. The van der Waals surface area contributed by atoms with E-state index in [0.29, 0.717) is 10.0 Å². The number of carbonyl (C=O) groups is 1. The molecule has 2 nitrogen and oxygen atoms in total. The zero-order valence-corrected chi connectivity index (χ0v) is 10.2. The minimum Gasteiger partial charge on any atom is -0.371 e. The van der Waals surface area contributed by atoms with Crippen molar-refractivity contribution in [2.75, 3.05) is 6.61 Å². The molecule has 15 heavy (non-hydrogen) atoms. The highest BCUT2D eigenvalue weighted by molar-refractivity contribution is 9.10. The van der Waals surface area contributed by atoms with Gasteiger partial charge in [0.15, 0.2) is 5.78 Å². The maximum Gasteiger partial charge on any atom is 0.189 e. The summed E-state index contributed by atoms with van der Waals surface area (Å²) in [5.74, 6) is -0.529. The quantitative estimate of drug-likeness (QED) is 0.789. The van der Waals surface area contributed by atoms with Crippen LogP contribution in [0.2, 0.25) is 0 Å². The summed E-state index contributed by atoms with van der Waals surface area (Å²) >= 11 is 3.14. The van der Waals surface area contributed by atoms with Gasteiger partial charge in [0.1, 0.15) is 12.4 Å². The van der Waals surface area contributed by atoms with Gasteiger partial charge in [0, 0.05) is 10.0 Å². The smallest absolute Gasteiger partial charge is 0.189 e. The van der Waals surface area contributed by atoms with Gasteiger partial charge in [0.05, 0.1) is 6.10 Å². The van der Waals surface area contributed by atoms with E-state index < -0.39 is 0 Å². The second-order valence-electron chi connectivity index (χ2n) is 3.41. The largest absolute Gasteiger partial charge is 0.371 e. The molecule has 0 amide bonds. The molecule has 0 saturated heterocycles. The number of rotatable bonds is 4. The topological polar surface area (TPSA) is 26.3 Å². The molecule has 0 bridgehead atoms. The molecule has 0 atom stereocenters. The van der Waals surface area contributed by atoms with Gasteiger partial charge >= 0.3 is 0 Å². The third-order valence-electron chi connectivity index (χ3n) is 1.78. The van der Waals surface area contributed by atoms with Crippen LogP contribution in [0, 0.1) is 5.82 Å². The average Bonchev–Trinajstić information content (AvgIpc) is 2.14. The summed E-state index contributed by atoms with van der Waals surface area (Å²) in [5.41, 5.74) is 0.442. The van der Waals surface area contributed by atoms with E-state index in [1.807, 2.05) is 13.8 Å². The van der Waals surface area contributed by atoms with Gasteiger partial charge < -0.3 is 4.74 Å². The summed E-state index contributed by atoms with van der Waals surface area (Å²) in [7, 11) is 0. The Hall–Kier alpha value is -0.740. The number of Topliss-reactive ketones (excluding diaryl/α,β-unsaturated/α-hetero) is 1. The Kier molecular flexibility index (Phi) is 4.42. The van der Waals surface area contributed by atoms with E-state index in [1.165, 1.54) is 18.2 Å². The fourth-order valence-electron chi connectivity index (χ4n) is 1.04. The van der Waals surface area contributed by atoms with Gasteiger partial charge in [-0.25, -0.2) is 4.39 Å². The molecule has 0 unspecified atom stereocenters. The van der Waals surface area contributed by atoms with Crippen molar-refractivity contribution in [3.05, 3.63) is 34.1 Å². The molecule has 1 aromatic carbocycles. The molecule has 1 rings (SSSR count). The summed E-state index contributed by atoms with van der Waals surface area (Å²) in [6, 6.07) is 3.97. The van der Waals surface area contributed by atoms with E-state index >= 15 is 0 Å². The predicted octanol–water partition coefficient (Wildman–Crippen LogP) is 3.20. The van der Waals surface area contributed by atoms with Gasteiger partial charge in [-0.05, 0) is 48.0 Å². The molecule has 0 heterocycles. The second-order valence-corrected chi connectivity index (χ2v) is 4.26. The van der Waals surface area contributed by atoms with Crippen LogP contribution >= 0.6 is 15.9 Å². The van der Waals surface area contributed by atoms with Crippen LogP contribution in [0.4, 0.5) is 4.39 Å². The minimum absolute atomic E-state index is 0.00757. The van der Waals surface area contributed by atoms with Crippen molar-refractivity contribution < 1.29 is 13.9 Å². The van der Waals surface area contributed by atoms with Gasteiger partial charge in [0.25, 0.3) is 0 Å². The summed E-state index contributed by atoms with van der Waals surface area (Å²) in [6.45, 7) is 3.72. The number of hydrogen-bond donors (Lipinski definition) is 0. The van der Waals surface area contributed by atoms with E-state index in [9.17, 15) is 9.18 Å². The first kappa shape index (κ1) is 12.3. The second kappa shape index (κ2) is 5.37. The van der Waals surface area contributed by atoms with E-state index in [0.717, 1.165) is 0 Å². The van der Waals surface area contributed by atoms with Crippen molar-refractivity contribution in [3.63, 3.8) is 0 Å². The van der Waals surface area contributed by atoms with Crippen LogP contribution in [-0.2, 0) is 4.74 Å². The van der Waals surface area contributed by atoms with Gasteiger partial charge in [-0.2, -0.15) is 0 Å². The van der Waals surface area contributed by atoms with Crippen LogP contribution in [-0.4, -0.2) is 18.5 Å². The summed E-state index contributed by atoms with van der Waals surface area (Å²) in [5, 5.41) is 0. The molecule has 0 aliphatic heterocycles. The molecule has 0 aliphatic carbocycles. The molecule has 0 spiro atoms. The lowest BCUT2D eigenvalue weighted by Gasteiger charge is -2.07. The molecule has 0 N–H and O–H groups in total. The Balaban J connectivity index is 2.74. The van der Waals surface area contributed by atoms with Crippen molar-refractivity contribution >= 4 is 21.7 Å². The van der Waals surface area contributed by atoms with E-state index in [1.54, 1.807) is 0 Å². The van der Waals surface area contributed by atoms with Crippen LogP contribution in [0.1, 0.15) is 24.2 Å². The van der Waals surface area contributed by atoms with Gasteiger partial charge in [0.2, 0.25) is 0 Å². The molecule has 0 aliphatic rings. The Bertz CT molecular complexity index is 364. The number of carbonyl (C=O) groups excluding carboxylic acids is 1. The van der Waals surface area contributed by atoms with Gasteiger partial charge in [-0.1, -0.05) is 0 Å². The van der Waals surface area contributed by atoms with Crippen LogP contribution in [0.15, 0.2) is 22.7 Å². The van der Waals surface area contributed by atoms with E-state index in [4.69, 9.17) is 4.74 Å². The zero-order valence-electron chi connectivity index (χ0n) is 8.59. The molecule has 0 saturated carbocycles. The van der Waals surface area contributed by atoms with Crippen molar-refractivity contribution in [2.45, 2.75) is 20.0 Å². The molecule has 0 aromatic heterocycles. The Labute approximate surface area is 96.6 Å². The predicted molar refractivity (Wildman–Crippen MR) is 59.5 cm³/mol. The molecule has 0 fully saturated rings. The monoisotopic (exact) mass is 274 g/mol. The first-order valence-electron chi connectivity index (χ1n) is 4.60. The SMILES string of the molecule is CC(C)OCC(=O)c1ccc(F)cc1Br. The van der Waals surface area contributed by atoms with Crippen molar-refractivity contribution in [3.8, 4) is 0 Å². The maximum absolute atomic E-state index is 12.8. The average molecular weight is 275 g/mol. The number of halogens is 2. The minimum atomic E-state index is -0.372. The maximum atomic E-state index is 12.8. The summed E-state index contributed by atoms with van der Waals surface area (Å²) in [6.07, 6.45) is 0.00757. The molecule has 82 valence electrons. The Morgan fingerprint density at radius 2 is 2.20 bits per heavy atom. The molecular weight excluding hydrogens is 263 g/mol. The first-order chi connectivity index (χ1) is 7.00. The third kappa shape index (κ3) is 3.72. The van der Waals surface area contributed by atoms with Crippen LogP contribution < -0.4 is 0 Å². The van der Waals surface area contributed by atoms with Crippen molar-refractivity contribution in [1.29, 1.82) is 0 Å². The third-order valence-corrected chi connectivity index (χ3v) is 2.44. The Morgan fingerprint density at radius 3 is 2.73 bits per heavy atom. The standard InChI is InChI=1S/C11H12BrFO2/c1-7(2)15-6-11(14)9-4-3-8(13)5-10(9)12/h3-5,7H,6H2,1-2H3. The lowest BCUT2D eigenvalue weighted by Crippen LogP contribution is -2.13. The molecule has 1 aromatic rings. The first-order valence-corrected chi connectivity index (χ1v) is 5.40. The highest BCUT2D eigenvalue weighted by atomic mass is 79.9. The Morgan fingerprint density at radius 1 is 1.53 bits per heavy atom. The molecule has 0 radical (unpaired) electrons. The number of hydrogen-bond acceptors (Lipinski definition) is 2. The lowest BCUT2D eigenvalue weighted by molar-refractivity contribution is 0.0584. The normalized spacial score (nSPS) is 10.7. The van der Waals surface area contributed by atoms with Crippen LogP contribution in [0.25, 0.3) is 0 Å². The number of ketones is 1. The number of benzene rings is 1. The zero-order chi connectivity index (χ0) is 11.4. The number of ether oxygens (including phenoxy) is 1.